The van der Waals surface area contributed by atoms with Crippen LogP contribution in [0.3, 0.4) is 0 Å². The second kappa shape index (κ2) is 5.55. The zero-order valence-electron chi connectivity index (χ0n) is 11.2. The molecule has 102 valence electrons. The first-order valence-corrected chi connectivity index (χ1v) is 7.22. The molecule has 0 N–H and O–H groups in total. The SMILES string of the molecule is O=C(c1ccnc(N2CCCC2)n1)N1CCCCC1. The van der Waals surface area contributed by atoms with Crippen LogP contribution in [0.1, 0.15) is 42.6 Å². The van der Waals surface area contributed by atoms with E-state index in [0.717, 1.165) is 39.0 Å². The van der Waals surface area contributed by atoms with Crippen LogP contribution in [0.2, 0.25) is 0 Å². The van der Waals surface area contributed by atoms with Gasteiger partial charge in [-0.05, 0) is 38.2 Å². The number of amides is 1. The number of piperidine rings is 1. The van der Waals surface area contributed by atoms with Gasteiger partial charge in [-0.15, -0.1) is 0 Å². The Hall–Kier alpha value is -1.65. The van der Waals surface area contributed by atoms with Gasteiger partial charge in [0.1, 0.15) is 5.69 Å². The third-order valence-electron chi connectivity index (χ3n) is 3.89. The molecule has 0 radical (unpaired) electrons. The van der Waals surface area contributed by atoms with Crippen molar-refractivity contribution in [2.24, 2.45) is 0 Å². The van der Waals surface area contributed by atoms with E-state index in [9.17, 15) is 4.79 Å². The summed E-state index contributed by atoms with van der Waals surface area (Å²) < 4.78 is 0. The zero-order valence-corrected chi connectivity index (χ0v) is 11.2. The molecule has 5 nitrogen and oxygen atoms in total. The average molecular weight is 260 g/mol. The highest BCUT2D eigenvalue weighted by Crippen LogP contribution is 2.17. The van der Waals surface area contributed by atoms with Crippen molar-refractivity contribution in [3.63, 3.8) is 0 Å². The van der Waals surface area contributed by atoms with Crippen molar-refractivity contribution in [2.45, 2.75) is 32.1 Å². The van der Waals surface area contributed by atoms with E-state index in [1.807, 2.05) is 4.90 Å². The number of rotatable bonds is 2. The highest BCUT2D eigenvalue weighted by Gasteiger charge is 2.21. The summed E-state index contributed by atoms with van der Waals surface area (Å²) in [5.41, 5.74) is 0.541. The van der Waals surface area contributed by atoms with Crippen LogP contribution < -0.4 is 4.90 Å². The van der Waals surface area contributed by atoms with E-state index in [4.69, 9.17) is 0 Å². The molecule has 0 spiro atoms. The monoisotopic (exact) mass is 260 g/mol. The maximum atomic E-state index is 12.4. The van der Waals surface area contributed by atoms with Crippen LogP contribution in [-0.2, 0) is 0 Å². The summed E-state index contributed by atoms with van der Waals surface area (Å²) in [4.78, 5) is 25.2. The van der Waals surface area contributed by atoms with E-state index in [2.05, 4.69) is 14.9 Å². The van der Waals surface area contributed by atoms with Crippen molar-refractivity contribution in [2.75, 3.05) is 31.1 Å². The van der Waals surface area contributed by atoms with E-state index >= 15 is 0 Å². The van der Waals surface area contributed by atoms with Gasteiger partial charge < -0.3 is 9.80 Å². The summed E-state index contributed by atoms with van der Waals surface area (Å²) in [5.74, 6) is 0.767. The number of carbonyl (C=O) groups is 1. The van der Waals surface area contributed by atoms with Crippen molar-refractivity contribution < 1.29 is 4.79 Å². The van der Waals surface area contributed by atoms with Gasteiger partial charge in [-0.25, -0.2) is 9.97 Å². The topological polar surface area (TPSA) is 49.3 Å². The molecule has 2 fully saturated rings. The summed E-state index contributed by atoms with van der Waals surface area (Å²) in [7, 11) is 0. The predicted octanol–water partition coefficient (Wildman–Crippen LogP) is 1.70. The summed E-state index contributed by atoms with van der Waals surface area (Å²) in [6, 6.07) is 1.73. The third-order valence-corrected chi connectivity index (χ3v) is 3.89. The minimum Gasteiger partial charge on any atom is -0.341 e. The molecule has 3 rings (SSSR count). The van der Waals surface area contributed by atoms with Crippen LogP contribution in [0.15, 0.2) is 12.3 Å². The van der Waals surface area contributed by atoms with Crippen LogP contribution >= 0.6 is 0 Å². The molecular weight excluding hydrogens is 240 g/mol. The summed E-state index contributed by atoms with van der Waals surface area (Å²) in [5, 5.41) is 0. The third kappa shape index (κ3) is 2.69. The molecule has 2 aliphatic rings. The Labute approximate surface area is 113 Å². The number of carbonyl (C=O) groups excluding carboxylic acids is 1. The highest BCUT2D eigenvalue weighted by atomic mass is 16.2. The van der Waals surface area contributed by atoms with Gasteiger partial charge in [0.25, 0.3) is 5.91 Å². The molecule has 1 aromatic heterocycles. The number of hydrogen-bond acceptors (Lipinski definition) is 4. The molecule has 0 atom stereocenters. The molecule has 0 aromatic carbocycles. The fourth-order valence-electron chi connectivity index (χ4n) is 2.80. The molecule has 2 saturated heterocycles. The Morgan fingerprint density at radius 1 is 1.00 bits per heavy atom. The molecule has 5 heteroatoms. The molecule has 3 heterocycles. The lowest BCUT2D eigenvalue weighted by molar-refractivity contribution is 0.0718. The van der Waals surface area contributed by atoms with E-state index in [1.165, 1.54) is 19.3 Å². The van der Waals surface area contributed by atoms with E-state index in [1.54, 1.807) is 12.3 Å². The van der Waals surface area contributed by atoms with Gasteiger partial charge in [0, 0.05) is 32.4 Å². The van der Waals surface area contributed by atoms with Crippen LogP contribution in [-0.4, -0.2) is 47.0 Å². The first-order chi connectivity index (χ1) is 9.34. The first kappa shape index (κ1) is 12.4. The zero-order chi connectivity index (χ0) is 13.1. The lowest BCUT2D eigenvalue weighted by Gasteiger charge is -2.26. The number of aromatic nitrogens is 2. The van der Waals surface area contributed by atoms with Crippen LogP contribution in [0.25, 0.3) is 0 Å². The largest absolute Gasteiger partial charge is 0.341 e. The lowest BCUT2D eigenvalue weighted by atomic mass is 10.1. The minimum atomic E-state index is 0.0579. The number of nitrogens with zero attached hydrogens (tertiary/aromatic N) is 4. The number of anilines is 1. The lowest BCUT2D eigenvalue weighted by Crippen LogP contribution is -2.36. The normalized spacial score (nSPS) is 19.8. The van der Waals surface area contributed by atoms with Crippen molar-refractivity contribution in [3.8, 4) is 0 Å². The van der Waals surface area contributed by atoms with Crippen LogP contribution in [0, 0.1) is 0 Å². The number of hydrogen-bond donors (Lipinski definition) is 0. The molecule has 19 heavy (non-hydrogen) atoms. The van der Waals surface area contributed by atoms with Gasteiger partial charge in [0.2, 0.25) is 5.95 Å². The average Bonchev–Trinajstić information content (AvgIpc) is 3.02. The molecule has 0 aliphatic carbocycles. The summed E-state index contributed by atoms with van der Waals surface area (Å²) in [6.07, 6.45) is 7.53. The molecule has 0 saturated carbocycles. The Morgan fingerprint density at radius 2 is 1.68 bits per heavy atom. The van der Waals surface area contributed by atoms with Crippen LogP contribution in [0.4, 0.5) is 5.95 Å². The van der Waals surface area contributed by atoms with E-state index in [-0.39, 0.29) is 5.91 Å². The van der Waals surface area contributed by atoms with Gasteiger partial charge in [-0.1, -0.05) is 0 Å². The maximum Gasteiger partial charge on any atom is 0.272 e. The Balaban J connectivity index is 1.76. The van der Waals surface area contributed by atoms with Crippen molar-refractivity contribution >= 4 is 11.9 Å². The van der Waals surface area contributed by atoms with Gasteiger partial charge in [0.15, 0.2) is 0 Å². The Bertz CT molecular complexity index is 451. The molecule has 0 unspecified atom stereocenters. The van der Waals surface area contributed by atoms with Gasteiger partial charge in [-0.2, -0.15) is 0 Å². The summed E-state index contributed by atoms with van der Waals surface area (Å²) >= 11 is 0. The molecule has 0 bridgehead atoms. The highest BCUT2D eigenvalue weighted by molar-refractivity contribution is 5.92. The predicted molar refractivity (Wildman–Crippen MR) is 73.2 cm³/mol. The van der Waals surface area contributed by atoms with Gasteiger partial charge >= 0.3 is 0 Å². The smallest absolute Gasteiger partial charge is 0.272 e. The van der Waals surface area contributed by atoms with E-state index in [0.29, 0.717) is 11.6 Å². The number of likely N-dealkylation sites (tertiary alicyclic amines) is 1. The fourth-order valence-corrected chi connectivity index (χ4v) is 2.80. The van der Waals surface area contributed by atoms with Crippen molar-refractivity contribution in [3.05, 3.63) is 18.0 Å². The van der Waals surface area contributed by atoms with Gasteiger partial charge in [0.05, 0.1) is 0 Å². The first-order valence-electron chi connectivity index (χ1n) is 7.22. The molecule has 1 amide bonds. The van der Waals surface area contributed by atoms with E-state index < -0.39 is 0 Å². The molecule has 1 aromatic rings. The van der Waals surface area contributed by atoms with Gasteiger partial charge in [-0.3, -0.25) is 4.79 Å². The minimum absolute atomic E-state index is 0.0579. The Kier molecular flexibility index (Phi) is 3.62. The second-order valence-corrected chi connectivity index (χ2v) is 5.29. The standard InChI is InChI=1S/C14H20N4O/c19-13(17-8-2-1-3-9-17)12-6-7-15-14(16-12)18-10-4-5-11-18/h6-7H,1-5,8-11H2. The molecular formula is C14H20N4O. The fraction of sp³-hybridized carbons (Fsp3) is 0.643. The quantitative estimate of drug-likeness (QED) is 0.812. The summed E-state index contributed by atoms with van der Waals surface area (Å²) in [6.45, 7) is 3.73. The second-order valence-electron chi connectivity index (χ2n) is 5.29. The Morgan fingerprint density at radius 3 is 2.42 bits per heavy atom. The van der Waals surface area contributed by atoms with Crippen LogP contribution in [0.5, 0.6) is 0 Å². The maximum absolute atomic E-state index is 12.4. The molecule has 2 aliphatic heterocycles. The van der Waals surface area contributed by atoms with Crippen molar-refractivity contribution in [1.29, 1.82) is 0 Å². The van der Waals surface area contributed by atoms with Crippen molar-refractivity contribution in [1.82, 2.24) is 14.9 Å².